The number of nitrogens with zero attached hydrogens (tertiary/aromatic N) is 1. The first-order valence-electron chi connectivity index (χ1n) is 4.67. The molecule has 2 rings (SSSR count). The van der Waals surface area contributed by atoms with Crippen LogP contribution < -0.4 is 9.47 Å². The Bertz CT molecular complexity index is 496. The van der Waals surface area contributed by atoms with Crippen LogP contribution in [0.3, 0.4) is 0 Å². The smallest absolute Gasteiger partial charge is 0.128 e. The summed E-state index contributed by atoms with van der Waals surface area (Å²) in [6, 6.07) is 5.60. The van der Waals surface area contributed by atoms with Gasteiger partial charge in [-0.3, -0.25) is 0 Å². The van der Waals surface area contributed by atoms with E-state index in [1.807, 2.05) is 18.2 Å². The first kappa shape index (κ1) is 11.0. The van der Waals surface area contributed by atoms with Crippen molar-refractivity contribution in [1.82, 2.24) is 9.97 Å². The molecule has 16 heavy (non-hydrogen) atoms. The van der Waals surface area contributed by atoms with Crippen LogP contribution in [0.2, 0.25) is 0 Å². The highest BCUT2D eigenvalue weighted by atomic mass is 79.9. The third-order valence-corrected chi connectivity index (χ3v) is 2.86. The molecule has 0 spiro atoms. The van der Waals surface area contributed by atoms with Gasteiger partial charge < -0.3 is 14.5 Å². The summed E-state index contributed by atoms with van der Waals surface area (Å²) in [5.41, 5.74) is 1.69. The second-order valence-corrected chi connectivity index (χ2v) is 3.92. The number of aromatic amines is 1. The average Bonchev–Trinajstić information content (AvgIpc) is 2.74. The summed E-state index contributed by atoms with van der Waals surface area (Å²) in [6.45, 7) is 0. The van der Waals surface area contributed by atoms with Crippen molar-refractivity contribution in [3.63, 3.8) is 0 Å². The maximum Gasteiger partial charge on any atom is 0.128 e. The van der Waals surface area contributed by atoms with Crippen molar-refractivity contribution in [2.75, 3.05) is 14.2 Å². The van der Waals surface area contributed by atoms with Crippen molar-refractivity contribution in [2.24, 2.45) is 0 Å². The first-order valence-corrected chi connectivity index (χ1v) is 5.47. The third kappa shape index (κ3) is 1.90. The highest BCUT2D eigenvalue weighted by Crippen LogP contribution is 2.35. The second kappa shape index (κ2) is 4.57. The predicted octanol–water partition coefficient (Wildman–Crippen LogP) is 2.86. The zero-order chi connectivity index (χ0) is 11.5. The molecule has 0 amide bonds. The number of methoxy groups -OCH3 is 2. The van der Waals surface area contributed by atoms with E-state index in [0.717, 1.165) is 27.4 Å². The predicted molar refractivity (Wildman–Crippen MR) is 64.8 cm³/mol. The second-order valence-electron chi connectivity index (χ2n) is 3.13. The molecule has 0 saturated heterocycles. The summed E-state index contributed by atoms with van der Waals surface area (Å²) in [5, 5.41) is 0. The largest absolute Gasteiger partial charge is 0.497 e. The Morgan fingerprint density at radius 3 is 2.62 bits per heavy atom. The number of rotatable bonds is 3. The van der Waals surface area contributed by atoms with Crippen LogP contribution in [-0.4, -0.2) is 24.2 Å². The molecule has 0 atom stereocenters. The molecule has 5 heteroatoms. The SMILES string of the molecule is COc1ccc(OC)c(-c2nc[nH]c2Br)c1. The van der Waals surface area contributed by atoms with Crippen molar-refractivity contribution in [2.45, 2.75) is 0 Å². The number of hydrogen-bond donors (Lipinski definition) is 1. The molecule has 0 aliphatic heterocycles. The summed E-state index contributed by atoms with van der Waals surface area (Å²) in [5.74, 6) is 1.53. The molecular weight excluding hydrogens is 272 g/mol. The molecule has 0 fully saturated rings. The van der Waals surface area contributed by atoms with E-state index in [1.54, 1.807) is 20.5 Å². The van der Waals surface area contributed by atoms with Crippen molar-refractivity contribution >= 4 is 15.9 Å². The minimum atomic E-state index is 0.758. The van der Waals surface area contributed by atoms with Crippen molar-refractivity contribution in [3.05, 3.63) is 29.1 Å². The van der Waals surface area contributed by atoms with E-state index in [4.69, 9.17) is 9.47 Å². The Morgan fingerprint density at radius 1 is 1.25 bits per heavy atom. The fraction of sp³-hybridized carbons (Fsp3) is 0.182. The topological polar surface area (TPSA) is 47.1 Å². The fourth-order valence-corrected chi connectivity index (χ4v) is 1.88. The van der Waals surface area contributed by atoms with Crippen LogP contribution in [0.25, 0.3) is 11.3 Å². The van der Waals surface area contributed by atoms with E-state index in [2.05, 4.69) is 25.9 Å². The molecular formula is C11H11BrN2O2. The molecule has 1 N–H and O–H groups in total. The number of imidazole rings is 1. The molecule has 0 aliphatic rings. The van der Waals surface area contributed by atoms with Gasteiger partial charge in [0.2, 0.25) is 0 Å². The number of nitrogens with one attached hydrogen (secondary N) is 1. The third-order valence-electron chi connectivity index (χ3n) is 2.25. The Hall–Kier alpha value is -1.49. The number of aromatic nitrogens is 2. The van der Waals surface area contributed by atoms with Crippen molar-refractivity contribution < 1.29 is 9.47 Å². The van der Waals surface area contributed by atoms with Crippen LogP contribution in [0.15, 0.2) is 29.1 Å². The van der Waals surface area contributed by atoms with Crippen LogP contribution in [0.4, 0.5) is 0 Å². The van der Waals surface area contributed by atoms with Crippen LogP contribution in [0.5, 0.6) is 11.5 Å². The molecule has 1 heterocycles. The number of H-pyrrole nitrogens is 1. The fourth-order valence-electron chi connectivity index (χ4n) is 1.47. The molecule has 4 nitrogen and oxygen atoms in total. The quantitative estimate of drug-likeness (QED) is 0.942. The lowest BCUT2D eigenvalue weighted by molar-refractivity contribution is 0.404. The van der Waals surface area contributed by atoms with Gasteiger partial charge in [-0.2, -0.15) is 0 Å². The lowest BCUT2D eigenvalue weighted by Crippen LogP contribution is -1.90. The average molecular weight is 283 g/mol. The van der Waals surface area contributed by atoms with Gasteiger partial charge in [0.1, 0.15) is 21.8 Å². The van der Waals surface area contributed by atoms with E-state index in [-0.39, 0.29) is 0 Å². The van der Waals surface area contributed by atoms with E-state index in [0.29, 0.717) is 0 Å². The molecule has 0 unspecified atom stereocenters. The van der Waals surface area contributed by atoms with Gasteiger partial charge in [-0.25, -0.2) is 4.98 Å². The molecule has 0 radical (unpaired) electrons. The van der Waals surface area contributed by atoms with Gasteiger partial charge in [0.25, 0.3) is 0 Å². The summed E-state index contributed by atoms with van der Waals surface area (Å²) >= 11 is 3.40. The van der Waals surface area contributed by atoms with Crippen LogP contribution in [0.1, 0.15) is 0 Å². The molecule has 0 bridgehead atoms. The molecule has 0 saturated carbocycles. The van der Waals surface area contributed by atoms with E-state index >= 15 is 0 Å². The lowest BCUT2D eigenvalue weighted by Gasteiger charge is -2.08. The number of benzene rings is 1. The Morgan fingerprint density at radius 2 is 2.06 bits per heavy atom. The van der Waals surface area contributed by atoms with Crippen LogP contribution in [0, 0.1) is 0 Å². The zero-order valence-electron chi connectivity index (χ0n) is 8.95. The van der Waals surface area contributed by atoms with Crippen LogP contribution in [-0.2, 0) is 0 Å². The lowest BCUT2D eigenvalue weighted by atomic mass is 10.1. The van der Waals surface area contributed by atoms with Crippen molar-refractivity contribution in [1.29, 1.82) is 0 Å². The minimum absolute atomic E-state index is 0.758. The van der Waals surface area contributed by atoms with Gasteiger partial charge >= 0.3 is 0 Å². The summed E-state index contributed by atoms with van der Waals surface area (Å²) in [7, 11) is 3.26. The minimum Gasteiger partial charge on any atom is -0.497 e. The molecule has 84 valence electrons. The summed E-state index contributed by atoms with van der Waals surface area (Å²) < 4.78 is 11.3. The monoisotopic (exact) mass is 282 g/mol. The number of ether oxygens (including phenoxy) is 2. The van der Waals surface area contributed by atoms with Crippen LogP contribution >= 0.6 is 15.9 Å². The molecule has 1 aromatic heterocycles. The van der Waals surface area contributed by atoms with Gasteiger partial charge in [0, 0.05) is 5.56 Å². The Kier molecular flexibility index (Phi) is 3.14. The maximum absolute atomic E-state index is 5.29. The van der Waals surface area contributed by atoms with Crippen molar-refractivity contribution in [3.8, 4) is 22.8 Å². The van der Waals surface area contributed by atoms with Gasteiger partial charge in [0.05, 0.1) is 20.5 Å². The molecule has 0 aliphatic carbocycles. The van der Waals surface area contributed by atoms with Gasteiger partial charge in [-0.15, -0.1) is 0 Å². The standard InChI is InChI=1S/C11H11BrN2O2/c1-15-7-3-4-9(16-2)8(5-7)10-11(12)14-6-13-10/h3-6H,1-2H3,(H,13,14). The highest BCUT2D eigenvalue weighted by molar-refractivity contribution is 9.10. The molecule has 1 aromatic carbocycles. The maximum atomic E-state index is 5.29. The summed E-state index contributed by atoms with van der Waals surface area (Å²) in [4.78, 5) is 7.20. The Balaban J connectivity index is 2.57. The normalized spacial score (nSPS) is 10.2. The van der Waals surface area contributed by atoms with Gasteiger partial charge in [0.15, 0.2) is 0 Å². The highest BCUT2D eigenvalue weighted by Gasteiger charge is 2.12. The zero-order valence-corrected chi connectivity index (χ0v) is 10.5. The van der Waals surface area contributed by atoms with E-state index in [1.165, 1.54) is 0 Å². The van der Waals surface area contributed by atoms with Gasteiger partial charge in [-0.1, -0.05) is 0 Å². The molecule has 2 aromatic rings. The number of halogens is 1. The Labute approximate surface area is 102 Å². The van der Waals surface area contributed by atoms with E-state index < -0.39 is 0 Å². The first-order chi connectivity index (χ1) is 7.76. The van der Waals surface area contributed by atoms with E-state index in [9.17, 15) is 0 Å². The van der Waals surface area contributed by atoms with Gasteiger partial charge in [-0.05, 0) is 34.1 Å². The number of hydrogen-bond acceptors (Lipinski definition) is 3. The summed E-state index contributed by atoms with van der Waals surface area (Å²) in [6.07, 6.45) is 1.62.